The maximum atomic E-state index is 14.5. The zero-order chi connectivity index (χ0) is 27.7. The van der Waals surface area contributed by atoms with Crippen molar-refractivity contribution in [3.63, 3.8) is 0 Å². The van der Waals surface area contributed by atoms with Crippen LogP contribution in [0.5, 0.6) is 5.75 Å². The summed E-state index contributed by atoms with van der Waals surface area (Å²) in [6.45, 7) is -1.98. The lowest BCUT2D eigenvalue weighted by molar-refractivity contribution is -0.0506. The molecule has 1 aliphatic heterocycles. The van der Waals surface area contributed by atoms with Crippen molar-refractivity contribution < 1.29 is 27.4 Å². The molecule has 3 unspecified atom stereocenters. The highest BCUT2D eigenvalue weighted by Crippen LogP contribution is 2.42. The van der Waals surface area contributed by atoms with Gasteiger partial charge in [0.25, 0.3) is 0 Å². The molecule has 1 aromatic carbocycles. The van der Waals surface area contributed by atoms with Gasteiger partial charge < -0.3 is 14.8 Å². The number of allylic oxidation sites excluding steroid dienone is 1. The molecule has 5 rings (SSSR count). The Bertz CT molecular complexity index is 1380. The van der Waals surface area contributed by atoms with Crippen LogP contribution in [-0.2, 0) is 0 Å². The number of pyridine rings is 1. The predicted octanol–water partition coefficient (Wildman–Crippen LogP) is 7.47. The number of aliphatic hydroxyl groups is 1. The molecule has 0 spiro atoms. The Balaban J connectivity index is 1.42. The number of aromatic nitrogens is 2. The van der Waals surface area contributed by atoms with E-state index in [2.05, 4.69) is 27.7 Å². The van der Waals surface area contributed by atoms with Gasteiger partial charge in [0, 0.05) is 41.0 Å². The number of hydrogen-bond donors (Lipinski definition) is 2. The Morgan fingerprint density at radius 2 is 1.97 bits per heavy atom. The van der Waals surface area contributed by atoms with E-state index >= 15 is 0 Å². The third kappa shape index (κ3) is 5.70. The van der Waals surface area contributed by atoms with Crippen LogP contribution in [-0.4, -0.2) is 46.7 Å². The molecule has 1 saturated carbocycles. The first kappa shape index (κ1) is 27.6. The van der Waals surface area contributed by atoms with Crippen molar-refractivity contribution in [2.45, 2.75) is 63.7 Å². The smallest absolute Gasteiger partial charge is 0.387 e. The van der Waals surface area contributed by atoms with Gasteiger partial charge in [-0.25, -0.2) is 9.37 Å². The summed E-state index contributed by atoms with van der Waals surface area (Å²) in [6.07, 6.45) is 11.5. The van der Waals surface area contributed by atoms with E-state index in [-0.39, 0.29) is 23.5 Å². The monoisotopic (exact) mass is 563 g/mol. The number of nitrogens with one attached hydrogen (secondary N) is 1. The summed E-state index contributed by atoms with van der Waals surface area (Å²) in [5, 5.41) is 9.91. The van der Waals surface area contributed by atoms with E-state index in [0.29, 0.717) is 28.4 Å². The Morgan fingerprint density at radius 1 is 1.21 bits per heavy atom. The Kier molecular flexibility index (Phi) is 8.28. The zero-order valence-electron chi connectivity index (χ0n) is 21.4. The minimum absolute atomic E-state index is 0.160. The van der Waals surface area contributed by atoms with Crippen molar-refractivity contribution in [2.75, 3.05) is 6.67 Å². The second kappa shape index (κ2) is 11.7. The lowest BCUT2D eigenvalue weighted by atomic mass is 9.75. The molecule has 3 heterocycles. The van der Waals surface area contributed by atoms with Crippen LogP contribution in [0.2, 0.25) is 5.02 Å². The van der Waals surface area contributed by atoms with Crippen molar-refractivity contribution in [3.05, 3.63) is 64.2 Å². The van der Waals surface area contributed by atoms with Crippen molar-refractivity contribution in [1.29, 1.82) is 0 Å². The molecule has 5 nitrogen and oxygen atoms in total. The number of benzene rings is 1. The number of aromatic amines is 1. The van der Waals surface area contributed by atoms with Crippen LogP contribution in [0.4, 0.5) is 17.6 Å². The number of alkyl halides is 3. The van der Waals surface area contributed by atoms with Gasteiger partial charge in [0.15, 0.2) is 0 Å². The lowest BCUT2D eigenvalue weighted by Gasteiger charge is -2.34. The predicted molar refractivity (Wildman–Crippen MR) is 144 cm³/mol. The van der Waals surface area contributed by atoms with Crippen molar-refractivity contribution >= 4 is 34.4 Å². The van der Waals surface area contributed by atoms with Gasteiger partial charge in [-0.3, -0.25) is 9.38 Å². The molecule has 1 aliphatic carbocycles. The lowest BCUT2D eigenvalue weighted by Crippen LogP contribution is -2.30. The van der Waals surface area contributed by atoms with Crippen LogP contribution < -0.4 is 4.74 Å². The van der Waals surface area contributed by atoms with E-state index in [4.69, 9.17) is 16.6 Å². The standard InChI is InChI=1S/C29H30ClF4N3O2/c1-15(16-2-5-19(38)6-3-16)24-8-4-17(12-35-24)18-10-20-22(14-37-28(20)36-13-18)21(11-31)26-25(39-29(33)34)9-7-23(32)27(26)30/h4,7,9-10,12-16,19,21,24,29,38H,2-3,5-6,8,11H2,1H3,(H,36,37). The molecule has 10 heteroatoms. The largest absolute Gasteiger partial charge is 0.434 e. The molecule has 0 radical (unpaired) electrons. The number of fused-ring (bicyclic) bond motifs is 1. The molecule has 0 bridgehead atoms. The number of hydrogen-bond acceptors (Lipinski definition) is 4. The molecule has 2 aromatic heterocycles. The summed E-state index contributed by atoms with van der Waals surface area (Å²) >= 11 is 6.15. The molecule has 39 heavy (non-hydrogen) atoms. The minimum Gasteiger partial charge on any atom is -0.434 e. The second-order valence-electron chi connectivity index (χ2n) is 10.4. The van der Waals surface area contributed by atoms with Gasteiger partial charge in [-0.1, -0.05) is 24.6 Å². The van der Waals surface area contributed by atoms with E-state index in [0.717, 1.165) is 55.4 Å². The first-order valence-corrected chi connectivity index (χ1v) is 13.5. The van der Waals surface area contributed by atoms with Crippen molar-refractivity contribution in [1.82, 2.24) is 9.97 Å². The summed E-state index contributed by atoms with van der Waals surface area (Å²) in [4.78, 5) is 12.3. The first-order chi connectivity index (χ1) is 18.8. The topological polar surface area (TPSA) is 70.5 Å². The molecule has 208 valence electrons. The maximum Gasteiger partial charge on any atom is 0.387 e. The van der Waals surface area contributed by atoms with Gasteiger partial charge in [-0.05, 0) is 73.3 Å². The number of rotatable bonds is 8. The number of aliphatic imine (C=N–C) groups is 1. The molecular formula is C29H30ClF4N3O2. The number of dihydropyridines is 1. The third-order valence-electron chi connectivity index (χ3n) is 8.16. The highest BCUT2D eigenvalue weighted by atomic mass is 35.5. The molecular weight excluding hydrogens is 534 g/mol. The quantitative estimate of drug-likeness (QED) is 0.279. The summed E-state index contributed by atoms with van der Waals surface area (Å²) in [6, 6.07) is 3.93. The number of H-pyrrole nitrogens is 1. The zero-order valence-corrected chi connectivity index (χ0v) is 22.1. The van der Waals surface area contributed by atoms with Gasteiger partial charge in [-0.15, -0.1) is 0 Å². The number of aliphatic hydroxyl groups excluding tert-OH is 1. The molecule has 2 N–H and O–H groups in total. The highest BCUT2D eigenvalue weighted by Gasteiger charge is 2.30. The molecule has 3 atom stereocenters. The van der Waals surface area contributed by atoms with Gasteiger partial charge in [0.05, 0.1) is 17.2 Å². The van der Waals surface area contributed by atoms with E-state index in [1.807, 2.05) is 12.3 Å². The summed E-state index contributed by atoms with van der Waals surface area (Å²) < 4.78 is 59.5. The van der Waals surface area contributed by atoms with Gasteiger partial charge in [0.1, 0.15) is 23.9 Å². The third-order valence-corrected chi connectivity index (χ3v) is 8.54. The van der Waals surface area contributed by atoms with E-state index in [1.165, 1.54) is 6.20 Å². The molecule has 0 saturated heterocycles. The number of halogens is 5. The fourth-order valence-corrected chi connectivity index (χ4v) is 6.17. The molecule has 2 aliphatic rings. The molecule has 0 amide bonds. The maximum absolute atomic E-state index is 14.5. The summed E-state index contributed by atoms with van der Waals surface area (Å²) in [5.41, 5.74) is 2.33. The van der Waals surface area contributed by atoms with Crippen LogP contribution in [0.15, 0.2) is 41.7 Å². The van der Waals surface area contributed by atoms with Crippen molar-refractivity contribution in [3.8, 4) is 5.75 Å². The molecule has 3 aromatic rings. The summed E-state index contributed by atoms with van der Waals surface area (Å²) in [5.74, 6) is -1.47. The average Bonchev–Trinajstić information content (AvgIpc) is 3.35. The van der Waals surface area contributed by atoms with E-state index in [1.54, 1.807) is 6.20 Å². The summed E-state index contributed by atoms with van der Waals surface area (Å²) in [7, 11) is 0. The molecule has 1 fully saturated rings. The average molecular weight is 564 g/mol. The minimum atomic E-state index is -3.18. The van der Waals surface area contributed by atoms with Crippen LogP contribution in [0.3, 0.4) is 0 Å². The van der Waals surface area contributed by atoms with Crippen LogP contribution in [0.25, 0.3) is 16.6 Å². The SMILES string of the molecule is CC(C1CCC(O)CC1)C1CC=C(c2cnc3[nH]cc(C(CF)c4c(OC(F)F)ccc(F)c4Cl)c3c2)C=N1. The van der Waals surface area contributed by atoms with Gasteiger partial charge >= 0.3 is 6.61 Å². The first-order valence-electron chi connectivity index (χ1n) is 13.1. The van der Waals surface area contributed by atoms with E-state index < -0.39 is 30.0 Å². The Morgan fingerprint density at radius 3 is 2.64 bits per heavy atom. The Hall–Kier alpha value is -2.91. The van der Waals surface area contributed by atoms with Crippen LogP contribution >= 0.6 is 11.6 Å². The van der Waals surface area contributed by atoms with Crippen LogP contribution in [0, 0.1) is 17.7 Å². The van der Waals surface area contributed by atoms with Gasteiger partial charge in [0.2, 0.25) is 0 Å². The number of ether oxygens (including phenoxy) is 1. The fraction of sp³-hybridized carbons (Fsp3) is 0.448. The van der Waals surface area contributed by atoms with E-state index in [9.17, 15) is 22.7 Å². The normalized spacial score (nSPS) is 23.2. The number of nitrogens with zero attached hydrogens (tertiary/aromatic N) is 2. The fourth-order valence-electron chi connectivity index (χ4n) is 5.88. The van der Waals surface area contributed by atoms with Crippen molar-refractivity contribution in [2.24, 2.45) is 16.8 Å². The van der Waals surface area contributed by atoms with Crippen LogP contribution in [0.1, 0.15) is 61.6 Å². The second-order valence-corrected chi connectivity index (χ2v) is 10.8. The highest BCUT2D eigenvalue weighted by molar-refractivity contribution is 6.31. The van der Waals surface area contributed by atoms with Gasteiger partial charge in [-0.2, -0.15) is 8.78 Å². The Labute approximate surface area is 229 Å².